The van der Waals surface area contributed by atoms with Crippen molar-refractivity contribution in [2.75, 3.05) is 26.8 Å². The van der Waals surface area contributed by atoms with Crippen LogP contribution in [-0.2, 0) is 19.7 Å². The fourth-order valence-corrected chi connectivity index (χ4v) is 2.67. The molecule has 0 amide bonds. The van der Waals surface area contributed by atoms with Crippen LogP contribution in [0.5, 0.6) is 0 Å². The predicted molar refractivity (Wildman–Crippen MR) is 76.6 cm³/mol. The molecule has 120 valence electrons. The molecule has 0 radical (unpaired) electrons. The van der Waals surface area contributed by atoms with E-state index in [-0.39, 0.29) is 18.9 Å². The Morgan fingerprint density at radius 2 is 1.80 bits per heavy atom. The number of hydrogen-bond donors (Lipinski definition) is 3. The number of carboxylic acid groups (broad SMARTS) is 1. The number of nitrogens with one attached hydrogen (secondary N) is 2. The Balaban J connectivity index is 4.06. The van der Waals surface area contributed by atoms with E-state index in [1.54, 1.807) is 0 Å². The smallest absolute Gasteiger partial charge is 0.303 e. The van der Waals surface area contributed by atoms with Gasteiger partial charge in [0, 0.05) is 26.6 Å². The van der Waals surface area contributed by atoms with Gasteiger partial charge in [-0.3, -0.25) is 4.79 Å². The number of carbonyl (C=O) groups is 1. The monoisotopic (exact) mass is 310 g/mol. The average molecular weight is 310 g/mol. The molecule has 0 aromatic rings. The molecule has 3 N–H and O–H groups in total. The van der Waals surface area contributed by atoms with Gasteiger partial charge < -0.3 is 9.84 Å². The van der Waals surface area contributed by atoms with Crippen molar-refractivity contribution in [2.24, 2.45) is 11.8 Å². The van der Waals surface area contributed by atoms with Crippen LogP contribution in [0.3, 0.4) is 0 Å². The van der Waals surface area contributed by atoms with Crippen LogP contribution in [0.4, 0.5) is 0 Å². The summed E-state index contributed by atoms with van der Waals surface area (Å²) in [5, 5.41) is 8.69. The SMILES string of the molecule is COCCNS(=O)(=O)NCCC(CCC(=O)O)C(C)C. The average Bonchev–Trinajstić information content (AvgIpc) is 2.32. The number of rotatable bonds is 12. The third-order valence-electron chi connectivity index (χ3n) is 3.08. The summed E-state index contributed by atoms with van der Waals surface area (Å²) in [6.07, 6.45) is 1.30. The van der Waals surface area contributed by atoms with E-state index in [0.717, 1.165) is 0 Å². The van der Waals surface area contributed by atoms with E-state index in [0.29, 0.717) is 31.9 Å². The Kier molecular flexibility index (Phi) is 9.74. The van der Waals surface area contributed by atoms with E-state index in [9.17, 15) is 13.2 Å². The number of carboxylic acids is 1. The van der Waals surface area contributed by atoms with E-state index >= 15 is 0 Å². The van der Waals surface area contributed by atoms with Gasteiger partial charge in [0.05, 0.1) is 6.61 Å². The molecule has 1 atom stereocenters. The van der Waals surface area contributed by atoms with Crippen molar-refractivity contribution in [3.63, 3.8) is 0 Å². The summed E-state index contributed by atoms with van der Waals surface area (Å²) < 4.78 is 32.7. The molecule has 0 aliphatic rings. The molecule has 20 heavy (non-hydrogen) atoms. The van der Waals surface area contributed by atoms with Crippen LogP contribution in [-0.4, -0.2) is 46.3 Å². The number of methoxy groups -OCH3 is 1. The topological polar surface area (TPSA) is 105 Å². The molecule has 0 heterocycles. The van der Waals surface area contributed by atoms with Crippen molar-refractivity contribution < 1.29 is 23.1 Å². The highest BCUT2D eigenvalue weighted by Gasteiger charge is 2.16. The first-order valence-corrected chi connectivity index (χ1v) is 8.21. The molecule has 0 saturated heterocycles. The van der Waals surface area contributed by atoms with Crippen molar-refractivity contribution in [3.8, 4) is 0 Å². The Hall–Kier alpha value is -0.700. The third-order valence-corrected chi connectivity index (χ3v) is 4.25. The van der Waals surface area contributed by atoms with Gasteiger partial charge in [-0.05, 0) is 24.7 Å². The highest BCUT2D eigenvalue weighted by atomic mass is 32.2. The van der Waals surface area contributed by atoms with Crippen LogP contribution in [0.15, 0.2) is 0 Å². The molecule has 1 unspecified atom stereocenters. The van der Waals surface area contributed by atoms with Crippen LogP contribution in [0.25, 0.3) is 0 Å². The lowest BCUT2D eigenvalue weighted by atomic mass is 9.88. The molecule has 8 heteroatoms. The second-order valence-electron chi connectivity index (χ2n) is 5.01. The van der Waals surface area contributed by atoms with Gasteiger partial charge >= 0.3 is 5.97 Å². The zero-order valence-electron chi connectivity index (χ0n) is 12.4. The summed E-state index contributed by atoms with van der Waals surface area (Å²) in [5.74, 6) is -0.314. The van der Waals surface area contributed by atoms with Crippen LogP contribution in [0, 0.1) is 11.8 Å². The van der Waals surface area contributed by atoms with E-state index in [4.69, 9.17) is 9.84 Å². The molecule has 0 aliphatic carbocycles. The van der Waals surface area contributed by atoms with Crippen molar-refractivity contribution in [3.05, 3.63) is 0 Å². The maximum absolute atomic E-state index is 11.6. The zero-order chi connectivity index (χ0) is 15.6. The first-order valence-electron chi connectivity index (χ1n) is 6.73. The second kappa shape index (κ2) is 10.1. The van der Waals surface area contributed by atoms with Crippen LogP contribution < -0.4 is 9.44 Å². The third kappa shape index (κ3) is 10.1. The van der Waals surface area contributed by atoms with E-state index in [1.807, 2.05) is 13.8 Å². The van der Waals surface area contributed by atoms with Gasteiger partial charge in [-0.15, -0.1) is 0 Å². The normalized spacial score (nSPS) is 13.6. The summed E-state index contributed by atoms with van der Waals surface area (Å²) in [6, 6.07) is 0. The molecular formula is C12H26N2O5S. The Morgan fingerprint density at radius 1 is 1.20 bits per heavy atom. The maximum Gasteiger partial charge on any atom is 0.303 e. The summed E-state index contributed by atoms with van der Waals surface area (Å²) in [7, 11) is -2.01. The summed E-state index contributed by atoms with van der Waals surface area (Å²) in [6.45, 7) is 4.85. The summed E-state index contributed by atoms with van der Waals surface area (Å²) in [4.78, 5) is 10.6. The fraction of sp³-hybridized carbons (Fsp3) is 0.917. The predicted octanol–water partition coefficient (Wildman–Crippen LogP) is 0.584. The first kappa shape index (κ1) is 19.3. The molecule has 0 aliphatic heterocycles. The molecule has 7 nitrogen and oxygen atoms in total. The number of aliphatic carboxylic acids is 1. The summed E-state index contributed by atoms with van der Waals surface area (Å²) >= 11 is 0. The lowest BCUT2D eigenvalue weighted by Crippen LogP contribution is -2.39. The number of hydrogen-bond acceptors (Lipinski definition) is 4. The van der Waals surface area contributed by atoms with E-state index in [2.05, 4.69) is 9.44 Å². The molecule has 0 aromatic carbocycles. The lowest BCUT2D eigenvalue weighted by molar-refractivity contribution is -0.137. The molecule has 0 saturated carbocycles. The van der Waals surface area contributed by atoms with Crippen LogP contribution in [0.1, 0.15) is 33.1 Å². The molecule has 0 spiro atoms. The minimum atomic E-state index is -3.50. The second-order valence-corrected chi connectivity index (χ2v) is 6.59. The van der Waals surface area contributed by atoms with Crippen LogP contribution in [0.2, 0.25) is 0 Å². The van der Waals surface area contributed by atoms with Crippen molar-refractivity contribution >= 4 is 16.2 Å². The lowest BCUT2D eigenvalue weighted by Gasteiger charge is -2.20. The van der Waals surface area contributed by atoms with Gasteiger partial charge in [0.1, 0.15) is 0 Å². The minimum Gasteiger partial charge on any atom is -0.481 e. The van der Waals surface area contributed by atoms with Gasteiger partial charge in [0.15, 0.2) is 0 Å². The van der Waals surface area contributed by atoms with Gasteiger partial charge in [-0.1, -0.05) is 13.8 Å². The van der Waals surface area contributed by atoms with Crippen molar-refractivity contribution in [2.45, 2.75) is 33.1 Å². The molecular weight excluding hydrogens is 284 g/mol. The fourth-order valence-electron chi connectivity index (χ4n) is 1.83. The largest absolute Gasteiger partial charge is 0.481 e. The quantitative estimate of drug-likeness (QED) is 0.457. The Bertz CT molecular complexity index is 370. The highest BCUT2D eigenvalue weighted by Crippen LogP contribution is 2.20. The maximum atomic E-state index is 11.6. The van der Waals surface area contributed by atoms with Crippen LogP contribution >= 0.6 is 0 Å². The Morgan fingerprint density at radius 3 is 2.30 bits per heavy atom. The van der Waals surface area contributed by atoms with Crippen molar-refractivity contribution in [1.82, 2.24) is 9.44 Å². The van der Waals surface area contributed by atoms with E-state index in [1.165, 1.54) is 7.11 Å². The van der Waals surface area contributed by atoms with Gasteiger partial charge in [-0.2, -0.15) is 13.1 Å². The molecule has 0 aromatic heterocycles. The summed E-state index contributed by atoms with van der Waals surface area (Å²) in [5.41, 5.74) is 0. The zero-order valence-corrected chi connectivity index (χ0v) is 13.2. The van der Waals surface area contributed by atoms with Gasteiger partial charge in [0.2, 0.25) is 0 Å². The first-order chi connectivity index (χ1) is 9.28. The molecule has 0 fully saturated rings. The molecule has 0 rings (SSSR count). The van der Waals surface area contributed by atoms with Crippen molar-refractivity contribution in [1.29, 1.82) is 0 Å². The Labute approximate surface area is 121 Å². The van der Waals surface area contributed by atoms with Gasteiger partial charge in [-0.25, -0.2) is 4.72 Å². The highest BCUT2D eigenvalue weighted by molar-refractivity contribution is 7.87. The standard InChI is InChI=1S/C12H26N2O5S/c1-10(2)11(4-5-12(15)16)6-7-13-20(17,18)14-8-9-19-3/h10-11,13-14H,4-9H2,1-3H3,(H,15,16). The van der Waals surface area contributed by atoms with Gasteiger partial charge in [0.25, 0.3) is 10.2 Å². The van der Waals surface area contributed by atoms with E-state index < -0.39 is 16.2 Å². The number of ether oxygens (including phenoxy) is 1. The minimum absolute atomic E-state index is 0.113. The molecule has 0 bridgehead atoms.